The molecular formula is C16H19N3O3. The summed E-state index contributed by atoms with van der Waals surface area (Å²) in [5.41, 5.74) is 7.77. The minimum atomic E-state index is -0.484. The summed E-state index contributed by atoms with van der Waals surface area (Å²) in [7, 11) is 0. The van der Waals surface area contributed by atoms with Crippen molar-refractivity contribution in [1.82, 2.24) is 9.78 Å². The third-order valence-electron chi connectivity index (χ3n) is 3.63. The van der Waals surface area contributed by atoms with Crippen molar-refractivity contribution in [3.05, 3.63) is 41.2 Å². The molecule has 116 valence electrons. The van der Waals surface area contributed by atoms with Gasteiger partial charge in [0, 0.05) is 23.7 Å². The number of hydrogen-bond acceptors (Lipinski definition) is 4. The van der Waals surface area contributed by atoms with Crippen LogP contribution in [0, 0.1) is 0 Å². The molecule has 1 unspecified atom stereocenters. The molecule has 0 bridgehead atoms. The Morgan fingerprint density at radius 1 is 1.55 bits per heavy atom. The molecule has 1 aliphatic heterocycles. The van der Waals surface area contributed by atoms with Crippen LogP contribution in [0.15, 0.2) is 24.5 Å². The van der Waals surface area contributed by atoms with E-state index in [9.17, 15) is 4.79 Å². The molecule has 22 heavy (non-hydrogen) atoms. The zero-order chi connectivity index (χ0) is 15.7. The predicted octanol–water partition coefficient (Wildman–Crippen LogP) is 1.75. The summed E-state index contributed by atoms with van der Waals surface area (Å²) in [4.78, 5) is 11.1. The van der Waals surface area contributed by atoms with E-state index < -0.39 is 5.91 Å². The summed E-state index contributed by atoms with van der Waals surface area (Å²) >= 11 is 0. The number of benzene rings is 1. The van der Waals surface area contributed by atoms with E-state index in [-0.39, 0.29) is 6.10 Å². The minimum absolute atomic E-state index is 0.186. The number of aromatic nitrogens is 2. The van der Waals surface area contributed by atoms with Crippen molar-refractivity contribution in [3.63, 3.8) is 0 Å². The van der Waals surface area contributed by atoms with Gasteiger partial charge in [0.15, 0.2) is 0 Å². The second kappa shape index (κ2) is 5.71. The maximum absolute atomic E-state index is 11.1. The number of nitrogens with zero attached hydrogens (tertiary/aromatic N) is 2. The largest absolute Gasteiger partial charge is 0.494 e. The molecule has 0 saturated carbocycles. The second-order valence-electron chi connectivity index (χ2n) is 5.42. The van der Waals surface area contributed by atoms with Gasteiger partial charge in [0.2, 0.25) is 0 Å². The van der Waals surface area contributed by atoms with E-state index in [1.165, 1.54) is 6.20 Å². The summed E-state index contributed by atoms with van der Waals surface area (Å²) in [5.74, 6) is 1.24. The molecule has 3 rings (SSSR count). The Hall–Kier alpha value is -2.50. The van der Waals surface area contributed by atoms with Crippen LogP contribution >= 0.6 is 0 Å². The minimum Gasteiger partial charge on any atom is -0.494 e. The topological polar surface area (TPSA) is 79.4 Å². The van der Waals surface area contributed by atoms with Crippen molar-refractivity contribution in [2.75, 3.05) is 6.61 Å². The highest BCUT2D eigenvalue weighted by Gasteiger charge is 2.22. The van der Waals surface area contributed by atoms with E-state index >= 15 is 0 Å². The summed E-state index contributed by atoms with van der Waals surface area (Å²) in [5, 5.41) is 4.16. The lowest BCUT2D eigenvalue weighted by Gasteiger charge is -2.12. The van der Waals surface area contributed by atoms with E-state index in [1.807, 2.05) is 26.0 Å². The molecule has 1 aromatic carbocycles. The van der Waals surface area contributed by atoms with Gasteiger partial charge < -0.3 is 15.2 Å². The lowest BCUT2D eigenvalue weighted by atomic mass is 10.1. The average Bonchev–Trinajstić information content (AvgIpc) is 3.05. The number of nitrogens with two attached hydrogens (primary N) is 1. The van der Waals surface area contributed by atoms with E-state index in [0.29, 0.717) is 18.7 Å². The van der Waals surface area contributed by atoms with E-state index in [0.717, 1.165) is 29.0 Å². The van der Waals surface area contributed by atoms with Gasteiger partial charge in [-0.25, -0.2) is 0 Å². The third-order valence-corrected chi connectivity index (χ3v) is 3.63. The van der Waals surface area contributed by atoms with Gasteiger partial charge >= 0.3 is 0 Å². The number of carbonyl (C=O) groups is 1. The Bertz CT molecular complexity index is 709. The summed E-state index contributed by atoms with van der Waals surface area (Å²) < 4.78 is 13.2. The molecule has 6 heteroatoms. The first-order chi connectivity index (χ1) is 10.6. The summed E-state index contributed by atoms with van der Waals surface area (Å²) in [6, 6.07) is 4.03. The Labute approximate surface area is 128 Å². The van der Waals surface area contributed by atoms with Gasteiger partial charge in [-0.05, 0) is 26.0 Å². The second-order valence-corrected chi connectivity index (χ2v) is 5.42. The highest BCUT2D eigenvalue weighted by Crippen LogP contribution is 2.35. The predicted molar refractivity (Wildman–Crippen MR) is 81.3 cm³/mol. The number of hydrogen-bond donors (Lipinski definition) is 1. The van der Waals surface area contributed by atoms with Crippen LogP contribution in [0.25, 0.3) is 0 Å². The third kappa shape index (κ3) is 2.77. The maximum atomic E-state index is 11.1. The van der Waals surface area contributed by atoms with Gasteiger partial charge in [0.25, 0.3) is 5.91 Å². The van der Waals surface area contributed by atoms with E-state index in [1.54, 1.807) is 10.9 Å². The molecule has 0 spiro atoms. The molecule has 2 heterocycles. The Morgan fingerprint density at radius 3 is 3.05 bits per heavy atom. The molecule has 0 fully saturated rings. The van der Waals surface area contributed by atoms with Crippen LogP contribution in [0.4, 0.5) is 0 Å². The first kappa shape index (κ1) is 14.4. The maximum Gasteiger partial charge on any atom is 0.251 e. The Morgan fingerprint density at radius 2 is 2.36 bits per heavy atom. The molecule has 1 atom stereocenters. The fraction of sp³-hybridized carbons (Fsp3) is 0.375. The molecule has 2 N–H and O–H groups in total. The molecule has 0 radical (unpaired) electrons. The monoisotopic (exact) mass is 301 g/mol. The van der Waals surface area contributed by atoms with Gasteiger partial charge in [-0.15, -0.1) is 0 Å². The highest BCUT2D eigenvalue weighted by atomic mass is 16.5. The quantitative estimate of drug-likeness (QED) is 0.912. The van der Waals surface area contributed by atoms with Gasteiger partial charge in [-0.1, -0.05) is 0 Å². The van der Waals surface area contributed by atoms with Crippen molar-refractivity contribution in [3.8, 4) is 11.5 Å². The zero-order valence-corrected chi connectivity index (χ0v) is 12.7. The molecular weight excluding hydrogens is 282 g/mol. The Kier molecular flexibility index (Phi) is 3.75. The molecule has 1 amide bonds. The number of fused-ring (bicyclic) bond motifs is 1. The summed E-state index contributed by atoms with van der Waals surface area (Å²) in [6.45, 7) is 5.09. The molecule has 6 nitrogen and oxygen atoms in total. The lowest BCUT2D eigenvalue weighted by Crippen LogP contribution is -2.10. The molecule has 1 aliphatic rings. The number of ether oxygens (including phenoxy) is 2. The fourth-order valence-electron chi connectivity index (χ4n) is 2.65. The van der Waals surface area contributed by atoms with Gasteiger partial charge in [-0.2, -0.15) is 5.10 Å². The zero-order valence-electron chi connectivity index (χ0n) is 12.7. The van der Waals surface area contributed by atoms with Crippen molar-refractivity contribution < 1.29 is 14.3 Å². The molecule has 0 saturated heterocycles. The average molecular weight is 301 g/mol. The normalized spacial score (nSPS) is 16.2. The van der Waals surface area contributed by atoms with Crippen LogP contribution in [0.3, 0.4) is 0 Å². The standard InChI is InChI=1S/C16H19N3O3/c1-3-21-14-5-11-4-10(2)22-15(11)6-12(14)8-19-9-13(7-18-19)16(17)20/h5-7,9-10H,3-4,8H2,1-2H3,(H2,17,20). The first-order valence-electron chi connectivity index (χ1n) is 7.34. The number of amides is 1. The fourth-order valence-corrected chi connectivity index (χ4v) is 2.65. The van der Waals surface area contributed by atoms with Crippen LogP contribution in [-0.4, -0.2) is 28.4 Å². The van der Waals surface area contributed by atoms with Gasteiger partial charge in [0.1, 0.15) is 17.6 Å². The highest BCUT2D eigenvalue weighted by molar-refractivity contribution is 5.92. The van der Waals surface area contributed by atoms with Crippen molar-refractivity contribution in [2.24, 2.45) is 5.73 Å². The Balaban J connectivity index is 1.91. The number of primary amides is 1. The van der Waals surface area contributed by atoms with Crippen molar-refractivity contribution in [2.45, 2.75) is 32.9 Å². The smallest absolute Gasteiger partial charge is 0.251 e. The van der Waals surface area contributed by atoms with Crippen LogP contribution in [0.1, 0.15) is 35.3 Å². The SMILES string of the molecule is CCOc1cc2c(cc1Cn1cc(C(N)=O)cn1)OC(C)C2. The van der Waals surface area contributed by atoms with Crippen LogP contribution in [0.2, 0.25) is 0 Å². The van der Waals surface area contributed by atoms with E-state index in [4.69, 9.17) is 15.2 Å². The number of carbonyl (C=O) groups excluding carboxylic acids is 1. The first-order valence-corrected chi connectivity index (χ1v) is 7.34. The van der Waals surface area contributed by atoms with Crippen molar-refractivity contribution >= 4 is 5.91 Å². The van der Waals surface area contributed by atoms with E-state index in [2.05, 4.69) is 5.10 Å². The van der Waals surface area contributed by atoms with Gasteiger partial charge in [-0.3, -0.25) is 9.48 Å². The molecule has 2 aromatic rings. The van der Waals surface area contributed by atoms with Gasteiger partial charge in [0.05, 0.1) is 24.9 Å². The van der Waals surface area contributed by atoms with Crippen LogP contribution in [-0.2, 0) is 13.0 Å². The molecule has 1 aromatic heterocycles. The molecule has 0 aliphatic carbocycles. The van der Waals surface area contributed by atoms with Crippen molar-refractivity contribution in [1.29, 1.82) is 0 Å². The van der Waals surface area contributed by atoms with Crippen LogP contribution in [0.5, 0.6) is 11.5 Å². The van der Waals surface area contributed by atoms with Crippen LogP contribution < -0.4 is 15.2 Å². The lowest BCUT2D eigenvalue weighted by molar-refractivity contribution is 0.1000. The number of rotatable bonds is 5. The summed E-state index contributed by atoms with van der Waals surface area (Å²) in [6.07, 6.45) is 4.18.